The van der Waals surface area contributed by atoms with E-state index in [0.717, 1.165) is 30.9 Å². The summed E-state index contributed by atoms with van der Waals surface area (Å²) in [6, 6.07) is 9.87. The summed E-state index contributed by atoms with van der Waals surface area (Å²) < 4.78 is 0.975. The Labute approximate surface area is 123 Å². The molecule has 0 aliphatic heterocycles. The summed E-state index contributed by atoms with van der Waals surface area (Å²) >= 11 is 5.00. The van der Waals surface area contributed by atoms with Gasteiger partial charge < -0.3 is 5.73 Å². The van der Waals surface area contributed by atoms with Crippen molar-refractivity contribution >= 4 is 44.2 Å². The third kappa shape index (κ3) is 2.57. The van der Waals surface area contributed by atoms with E-state index in [4.69, 9.17) is 5.73 Å². The maximum absolute atomic E-state index is 5.97. The first-order chi connectivity index (χ1) is 9.24. The Bertz CT molecular complexity index is 728. The van der Waals surface area contributed by atoms with Gasteiger partial charge in [0, 0.05) is 44.4 Å². The lowest BCUT2D eigenvalue weighted by molar-refractivity contribution is 1.12. The molecule has 2 aromatic heterocycles. The molecule has 0 spiro atoms. The highest BCUT2D eigenvalue weighted by molar-refractivity contribution is 9.10. The van der Waals surface area contributed by atoms with Crippen LogP contribution in [-0.4, -0.2) is 9.97 Å². The summed E-state index contributed by atoms with van der Waals surface area (Å²) in [5.41, 5.74) is 6.71. The lowest BCUT2D eigenvalue weighted by Gasteiger charge is -2.07. The smallest absolute Gasteiger partial charge is 0.101 e. The fraction of sp³-hybridized carbons (Fsp3) is 0. The van der Waals surface area contributed by atoms with Crippen molar-refractivity contribution in [3.05, 3.63) is 53.4 Å². The number of nitrogens with two attached hydrogens (primary N) is 1. The van der Waals surface area contributed by atoms with Gasteiger partial charge in [-0.3, -0.25) is 4.98 Å². The molecule has 0 unspecified atom stereocenters. The van der Waals surface area contributed by atoms with Crippen molar-refractivity contribution in [1.29, 1.82) is 0 Å². The van der Waals surface area contributed by atoms with E-state index in [1.54, 1.807) is 30.4 Å². The SMILES string of the molecule is Nc1ccc(Sc2ccc(Br)cn2)c2ccncc12. The molecule has 0 saturated carbocycles. The zero-order chi connectivity index (χ0) is 13.2. The molecule has 2 heterocycles. The molecular formula is C14H10BrN3S. The Morgan fingerprint density at radius 3 is 2.68 bits per heavy atom. The summed E-state index contributed by atoms with van der Waals surface area (Å²) in [5.74, 6) is 0. The van der Waals surface area contributed by atoms with Crippen LogP contribution < -0.4 is 5.73 Å². The van der Waals surface area contributed by atoms with E-state index in [-0.39, 0.29) is 0 Å². The average Bonchev–Trinajstić information content (AvgIpc) is 2.45. The van der Waals surface area contributed by atoms with E-state index >= 15 is 0 Å². The van der Waals surface area contributed by atoms with E-state index in [2.05, 4.69) is 25.9 Å². The highest BCUT2D eigenvalue weighted by Gasteiger charge is 2.06. The largest absolute Gasteiger partial charge is 0.398 e. The summed E-state index contributed by atoms with van der Waals surface area (Å²) in [6.45, 7) is 0. The summed E-state index contributed by atoms with van der Waals surface area (Å²) in [6.07, 6.45) is 5.37. The number of nitrogens with zero attached hydrogens (tertiary/aromatic N) is 2. The molecule has 0 saturated heterocycles. The fourth-order valence-corrected chi connectivity index (χ4v) is 2.93. The number of fused-ring (bicyclic) bond motifs is 1. The molecule has 0 aliphatic carbocycles. The van der Waals surface area contributed by atoms with E-state index < -0.39 is 0 Å². The van der Waals surface area contributed by atoms with Crippen LogP contribution in [0.25, 0.3) is 10.8 Å². The monoisotopic (exact) mass is 331 g/mol. The predicted octanol–water partition coefficient (Wildman–Crippen LogP) is 4.13. The summed E-state index contributed by atoms with van der Waals surface area (Å²) in [4.78, 5) is 9.62. The zero-order valence-electron chi connectivity index (χ0n) is 9.88. The normalized spacial score (nSPS) is 10.8. The molecule has 0 atom stereocenters. The maximum Gasteiger partial charge on any atom is 0.101 e. The zero-order valence-corrected chi connectivity index (χ0v) is 12.3. The minimum absolute atomic E-state index is 0.746. The highest BCUT2D eigenvalue weighted by Crippen LogP contribution is 2.34. The second kappa shape index (κ2) is 5.19. The van der Waals surface area contributed by atoms with E-state index in [1.165, 1.54) is 0 Å². The van der Waals surface area contributed by atoms with Gasteiger partial charge >= 0.3 is 0 Å². The molecule has 0 amide bonds. The summed E-state index contributed by atoms with van der Waals surface area (Å²) in [7, 11) is 0. The van der Waals surface area contributed by atoms with Crippen LogP contribution in [0.15, 0.2) is 63.3 Å². The molecule has 1 aromatic carbocycles. The molecule has 5 heteroatoms. The number of benzene rings is 1. The van der Waals surface area contributed by atoms with Crippen molar-refractivity contribution in [2.24, 2.45) is 0 Å². The molecule has 2 N–H and O–H groups in total. The Morgan fingerprint density at radius 2 is 1.89 bits per heavy atom. The van der Waals surface area contributed by atoms with Crippen LogP contribution >= 0.6 is 27.7 Å². The number of rotatable bonds is 2. The molecule has 3 aromatic rings. The number of aromatic nitrogens is 2. The van der Waals surface area contributed by atoms with Gasteiger partial charge in [0.1, 0.15) is 5.03 Å². The number of anilines is 1. The first-order valence-corrected chi connectivity index (χ1v) is 7.26. The van der Waals surface area contributed by atoms with Gasteiger partial charge in [0.15, 0.2) is 0 Å². The maximum atomic E-state index is 5.97. The van der Waals surface area contributed by atoms with Crippen molar-refractivity contribution in [2.45, 2.75) is 9.92 Å². The van der Waals surface area contributed by atoms with E-state index in [9.17, 15) is 0 Å². The standard InChI is InChI=1S/C14H10BrN3S/c15-9-1-4-14(18-7-9)19-13-3-2-12(16)11-8-17-6-5-10(11)13/h1-8H,16H2. The average molecular weight is 332 g/mol. The molecule has 3 rings (SSSR count). The van der Waals surface area contributed by atoms with Gasteiger partial charge in [-0.05, 0) is 46.3 Å². The fourth-order valence-electron chi connectivity index (χ4n) is 1.81. The van der Waals surface area contributed by atoms with Gasteiger partial charge in [0.25, 0.3) is 0 Å². The topological polar surface area (TPSA) is 51.8 Å². The highest BCUT2D eigenvalue weighted by atomic mass is 79.9. The Morgan fingerprint density at radius 1 is 1.00 bits per heavy atom. The van der Waals surface area contributed by atoms with E-state index in [0.29, 0.717) is 0 Å². The third-order valence-corrected chi connectivity index (χ3v) is 4.22. The molecule has 0 bridgehead atoms. The van der Waals surface area contributed by atoms with Crippen molar-refractivity contribution in [3.63, 3.8) is 0 Å². The minimum atomic E-state index is 0.746. The second-order valence-electron chi connectivity index (χ2n) is 3.99. The molecule has 3 nitrogen and oxygen atoms in total. The molecule has 0 fully saturated rings. The van der Waals surface area contributed by atoms with Crippen LogP contribution in [0.2, 0.25) is 0 Å². The van der Waals surface area contributed by atoms with Gasteiger partial charge in [-0.1, -0.05) is 11.8 Å². The first-order valence-electron chi connectivity index (χ1n) is 5.65. The minimum Gasteiger partial charge on any atom is -0.398 e. The molecule has 0 aliphatic rings. The predicted molar refractivity (Wildman–Crippen MR) is 82.2 cm³/mol. The number of hydrogen-bond donors (Lipinski definition) is 1. The van der Waals surface area contributed by atoms with Gasteiger partial charge in [-0.25, -0.2) is 4.98 Å². The van der Waals surface area contributed by atoms with Gasteiger partial charge in [-0.2, -0.15) is 0 Å². The van der Waals surface area contributed by atoms with Crippen LogP contribution in [0, 0.1) is 0 Å². The Hall–Kier alpha value is -1.59. The summed E-state index contributed by atoms with van der Waals surface area (Å²) in [5, 5.41) is 3.03. The van der Waals surface area contributed by atoms with Crippen molar-refractivity contribution in [2.75, 3.05) is 5.73 Å². The van der Waals surface area contributed by atoms with Crippen molar-refractivity contribution in [3.8, 4) is 0 Å². The molecule has 0 radical (unpaired) electrons. The van der Waals surface area contributed by atoms with Gasteiger partial charge in [0.05, 0.1) is 0 Å². The lowest BCUT2D eigenvalue weighted by Crippen LogP contribution is -1.89. The van der Waals surface area contributed by atoms with E-state index in [1.807, 2.05) is 30.3 Å². The number of pyridine rings is 2. The second-order valence-corrected chi connectivity index (χ2v) is 5.97. The van der Waals surface area contributed by atoms with Gasteiger partial charge in [-0.15, -0.1) is 0 Å². The third-order valence-electron chi connectivity index (χ3n) is 2.73. The van der Waals surface area contributed by atoms with Crippen molar-refractivity contribution in [1.82, 2.24) is 9.97 Å². The Balaban J connectivity index is 2.06. The van der Waals surface area contributed by atoms with Crippen LogP contribution in [0.1, 0.15) is 0 Å². The van der Waals surface area contributed by atoms with Crippen LogP contribution in [0.4, 0.5) is 5.69 Å². The number of halogens is 1. The molecular weight excluding hydrogens is 322 g/mol. The quantitative estimate of drug-likeness (QED) is 0.717. The van der Waals surface area contributed by atoms with Gasteiger partial charge in [0.2, 0.25) is 0 Å². The number of nitrogen functional groups attached to an aromatic ring is 1. The van der Waals surface area contributed by atoms with Crippen LogP contribution in [0.3, 0.4) is 0 Å². The first kappa shape index (κ1) is 12.4. The van der Waals surface area contributed by atoms with Crippen LogP contribution in [0.5, 0.6) is 0 Å². The Kier molecular flexibility index (Phi) is 3.40. The molecule has 19 heavy (non-hydrogen) atoms. The molecule has 94 valence electrons. The van der Waals surface area contributed by atoms with Crippen molar-refractivity contribution < 1.29 is 0 Å². The lowest BCUT2D eigenvalue weighted by atomic mass is 10.1. The van der Waals surface area contributed by atoms with Crippen LogP contribution in [-0.2, 0) is 0 Å². The number of hydrogen-bond acceptors (Lipinski definition) is 4.